The normalized spacial score (nSPS) is 11.6. The predicted octanol–water partition coefficient (Wildman–Crippen LogP) is 3.68. The molecule has 0 saturated heterocycles. The molecule has 0 aliphatic carbocycles. The van der Waals surface area contributed by atoms with Gasteiger partial charge in [0.25, 0.3) is 0 Å². The number of hydrogen-bond acceptors (Lipinski definition) is 2. The van der Waals surface area contributed by atoms with Gasteiger partial charge >= 0.3 is 0 Å². The number of ether oxygens (including phenoxy) is 1. The molecule has 1 aromatic heterocycles. The highest BCUT2D eigenvalue weighted by molar-refractivity contribution is 5.65. The van der Waals surface area contributed by atoms with Crippen LogP contribution >= 0.6 is 0 Å². The highest BCUT2D eigenvalue weighted by Crippen LogP contribution is 2.30. The Morgan fingerprint density at radius 1 is 1.26 bits per heavy atom. The summed E-state index contributed by atoms with van der Waals surface area (Å²) in [6.07, 6.45) is 2.98. The highest BCUT2D eigenvalue weighted by Gasteiger charge is 2.18. The Kier molecular flexibility index (Phi) is 3.65. The lowest BCUT2D eigenvalue weighted by Gasteiger charge is -2.18. The molecule has 0 saturated carbocycles. The van der Waals surface area contributed by atoms with E-state index in [1.165, 1.54) is 11.3 Å². The van der Waals surface area contributed by atoms with Gasteiger partial charge in [-0.1, -0.05) is 32.9 Å². The minimum atomic E-state index is 0.247. The van der Waals surface area contributed by atoms with E-state index in [1.54, 1.807) is 7.11 Å². The average Bonchev–Trinajstić information content (AvgIpc) is 2.68. The van der Waals surface area contributed by atoms with E-state index in [4.69, 9.17) is 4.74 Å². The highest BCUT2D eigenvalue weighted by atomic mass is 16.5. The van der Waals surface area contributed by atoms with Crippen LogP contribution in [0.5, 0.6) is 5.75 Å². The van der Waals surface area contributed by atoms with Gasteiger partial charge in [-0.05, 0) is 29.5 Å². The summed E-state index contributed by atoms with van der Waals surface area (Å²) in [6.45, 7) is 6.74. The van der Waals surface area contributed by atoms with E-state index in [2.05, 4.69) is 38.0 Å². The third-order valence-electron chi connectivity index (χ3n) is 3.08. The summed E-state index contributed by atoms with van der Waals surface area (Å²) in [5, 5.41) is 4.41. The van der Waals surface area contributed by atoms with Crippen molar-refractivity contribution in [2.75, 3.05) is 7.11 Å². The van der Waals surface area contributed by atoms with Crippen LogP contribution in [0.3, 0.4) is 0 Å². The van der Waals surface area contributed by atoms with Crippen molar-refractivity contribution < 1.29 is 4.74 Å². The minimum absolute atomic E-state index is 0.247. The molecule has 0 N–H and O–H groups in total. The first-order chi connectivity index (χ1) is 8.90. The van der Waals surface area contributed by atoms with E-state index in [1.807, 2.05) is 30.1 Å². The van der Waals surface area contributed by atoms with Crippen molar-refractivity contribution in [3.63, 3.8) is 0 Å². The van der Waals surface area contributed by atoms with Gasteiger partial charge in [0.1, 0.15) is 5.75 Å². The van der Waals surface area contributed by atoms with Gasteiger partial charge in [-0.3, -0.25) is 4.68 Å². The largest absolute Gasteiger partial charge is 0.497 e. The first-order valence-electron chi connectivity index (χ1n) is 6.56. The van der Waals surface area contributed by atoms with Crippen molar-refractivity contribution >= 4 is 0 Å². The Labute approximate surface area is 115 Å². The maximum absolute atomic E-state index is 5.30. The minimum Gasteiger partial charge on any atom is -0.497 e. The third kappa shape index (κ3) is 3.16. The summed E-state index contributed by atoms with van der Waals surface area (Å²) in [5.41, 5.74) is 3.85. The second kappa shape index (κ2) is 5.08. The van der Waals surface area contributed by atoms with Crippen molar-refractivity contribution in [2.24, 2.45) is 12.5 Å². The van der Waals surface area contributed by atoms with E-state index < -0.39 is 0 Å². The molecule has 0 bridgehead atoms. The van der Waals surface area contributed by atoms with E-state index in [0.29, 0.717) is 0 Å². The van der Waals surface area contributed by atoms with E-state index >= 15 is 0 Å². The Morgan fingerprint density at radius 2 is 2.00 bits per heavy atom. The second-order valence-corrected chi connectivity index (χ2v) is 6.11. The molecule has 1 aromatic carbocycles. The van der Waals surface area contributed by atoms with Crippen LogP contribution in [0.1, 0.15) is 26.3 Å². The van der Waals surface area contributed by atoms with Crippen LogP contribution in [-0.2, 0) is 13.5 Å². The smallest absolute Gasteiger partial charge is 0.119 e. The van der Waals surface area contributed by atoms with Gasteiger partial charge in [0.2, 0.25) is 0 Å². The van der Waals surface area contributed by atoms with Gasteiger partial charge in [0, 0.05) is 12.6 Å². The standard InChI is InChI=1S/C16H22N2O/c1-16(2,3)10-13-11-17-18(4)15(13)12-7-6-8-14(9-12)19-5/h6-9,11H,10H2,1-5H3. The van der Waals surface area contributed by atoms with E-state index in [0.717, 1.165) is 17.7 Å². The van der Waals surface area contributed by atoms with Crippen LogP contribution in [0.2, 0.25) is 0 Å². The zero-order valence-electron chi connectivity index (χ0n) is 12.4. The van der Waals surface area contributed by atoms with Crippen molar-refractivity contribution in [2.45, 2.75) is 27.2 Å². The van der Waals surface area contributed by atoms with Crippen molar-refractivity contribution in [3.8, 4) is 17.0 Å². The lowest BCUT2D eigenvalue weighted by molar-refractivity contribution is 0.411. The average molecular weight is 258 g/mol. The Bertz CT molecular complexity index is 564. The summed E-state index contributed by atoms with van der Waals surface area (Å²) in [4.78, 5) is 0. The number of rotatable bonds is 3. The zero-order chi connectivity index (χ0) is 14.0. The molecule has 3 heteroatoms. The van der Waals surface area contributed by atoms with Crippen molar-refractivity contribution in [1.29, 1.82) is 0 Å². The van der Waals surface area contributed by atoms with Crippen LogP contribution in [0.4, 0.5) is 0 Å². The zero-order valence-corrected chi connectivity index (χ0v) is 12.4. The number of methoxy groups -OCH3 is 1. The van der Waals surface area contributed by atoms with Crippen LogP contribution in [0, 0.1) is 5.41 Å². The SMILES string of the molecule is COc1cccc(-c2c(CC(C)(C)C)cnn2C)c1. The lowest BCUT2D eigenvalue weighted by atomic mass is 9.87. The first kappa shape index (κ1) is 13.7. The quantitative estimate of drug-likeness (QED) is 0.839. The number of hydrogen-bond donors (Lipinski definition) is 0. The molecular formula is C16H22N2O. The molecule has 0 atom stereocenters. The van der Waals surface area contributed by atoms with Gasteiger partial charge in [0.05, 0.1) is 19.0 Å². The number of aryl methyl sites for hydroxylation is 1. The van der Waals surface area contributed by atoms with Crippen LogP contribution in [0.15, 0.2) is 30.5 Å². The second-order valence-electron chi connectivity index (χ2n) is 6.11. The van der Waals surface area contributed by atoms with Gasteiger partial charge in [-0.15, -0.1) is 0 Å². The molecule has 0 amide bonds. The first-order valence-corrected chi connectivity index (χ1v) is 6.56. The van der Waals surface area contributed by atoms with Gasteiger partial charge in [-0.2, -0.15) is 5.10 Å². The number of aromatic nitrogens is 2. The molecule has 0 fully saturated rings. The maximum Gasteiger partial charge on any atom is 0.119 e. The summed E-state index contributed by atoms with van der Waals surface area (Å²) in [7, 11) is 3.68. The van der Waals surface area contributed by atoms with Gasteiger partial charge < -0.3 is 4.74 Å². The molecule has 0 aliphatic rings. The molecule has 102 valence electrons. The molecule has 0 aliphatic heterocycles. The number of nitrogens with zero attached hydrogens (tertiary/aromatic N) is 2. The third-order valence-corrected chi connectivity index (χ3v) is 3.08. The van der Waals surface area contributed by atoms with Crippen LogP contribution in [0.25, 0.3) is 11.3 Å². The van der Waals surface area contributed by atoms with E-state index in [-0.39, 0.29) is 5.41 Å². The number of benzene rings is 1. The maximum atomic E-state index is 5.30. The fourth-order valence-corrected chi connectivity index (χ4v) is 2.33. The molecule has 3 nitrogen and oxygen atoms in total. The molecule has 0 spiro atoms. The fourth-order valence-electron chi connectivity index (χ4n) is 2.33. The summed E-state index contributed by atoms with van der Waals surface area (Å²) in [6, 6.07) is 8.14. The van der Waals surface area contributed by atoms with Gasteiger partial charge in [-0.25, -0.2) is 0 Å². The summed E-state index contributed by atoms with van der Waals surface area (Å²) in [5.74, 6) is 0.875. The van der Waals surface area contributed by atoms with E-state index in [9.17, 15) is 0 Å². The monoisotopic (exact) mass is 258 g/mol. The molecule has 2 aromatic rings. The fraction of sp³-hybridized carbons (Fsp3) is 0.438. The molecule has 1 heterocycles. The molecule has 19 heavy (non-hydrogen) atoms. The van der Waals surface area contributed by atoms with Crippen LogP contribution in [-0.4, -0.2) is 16.9 Å². The Balaban J connectivity index is 2.46. The Hall–Kier alpha value is -1.77. The summed E-state index contributed by atoms with van der Waals surface area (Å²) >= 11 is 0. The predicted molar refractivity (Wildman–Crippen MR) is 78.4 cm³/mol. The van der Waals surface area contributed by atoms with Gasteiger partial charge in [0.15, 0.2) is 0 Å². The van der Waals surface area contributed by atoms with Crippen molar-refractivity contribution in [3.05, 3.63) is 36.0 Å². The lowest BCUT2D eigenvalue weighted by Crippen LogP contribution is -2.09. The Morgan fingerprint density at radius 3 is 2.63 bits per heavy atom. The topological polar surface area (TPSA) is 27.1 Å². The molecular weight excluding hydrogens is 236 g/mol. The van der Waals surface area contributed by atoms with Crippen LogP contribution < -0.4 is 4.74 Å². The molecule has 0 radical (unpaired) electrons. The summed E-state index contributed by atoms with van der Waals surface area (Å²) < 4.78 is 7.24. The van der Waals surface area contributed by atoms with Crippen molar-refractivity contribution in [1.82, 2.24) is 9.78 Å². The molecule has 0 unspecified atom stereocenters. The molecule has 2 rings (SSSR count).